The quantitative estimate of drug-likeness (QED) is 0.578. The van der Waals surface area contributed by atoms with Gasteiger partial charge in [-0.25, -0.2) is 0 Å². The number of amides is 1. The van der Waals surface area contributed by atoms with Crippen LogP contribution in [0.25, 0.3) is 0 Å². The van der Waals surface area contributed by atoms with Gasteiger partial charge in [-0.05, 0) is 64.2 Å². The molecule has 4 rings (SSSR count). The Bertz CT molecular complexity index is 830. The zero-order valence-corrected chi connectivity index (χ0v) is 21.5. The smallest absolute Gasteiger partial charge is 0.310 e. The summed E-state index contributed by atoms with van der Waals surface area (Å²) < 4.78 is 4.66. The van der Waals surface area contributed by atoms with Crippen molar-refractivity contribution in [3.8, 4) is 0 Å². The number of benzene rings is 1. The lowest BCUT2D eigenvalue weighted by Crippen LogP contribution is -3.14. The van der Waals surface area contributed by atoms with Crippen molar-refractivity contribution in [2.24, 2.45) is 5.92 Å². The number of carbonyl (C=O) groups is 2. The molecule has 1 unspecified atom stereocenters. The van der Waals surface area contributed by atoms with Crippen LogP contribution in [0.5, 0.6) is 0 Å². The third-order valence-corrected chi connectivity index (χ3v) is 6.76. The van der Waals surface area contributed by atoms with E-state index in [1.165, 1.54) is 62.8 Å². The molecule has 2 saturated heterocycles. The molecule has 2 fully saturated rings. The lowest BCUT2D eigenvalue weighted by molar-refractivity contribution is -0.898. The van der Waals surface area contributed by atoms with Crippen molar-refractivity contribution < 1.29 is 24.1 Å². The molecule has 3 N–H and O–H groups in total. The SMILES string of the molecule is CC(C(=O)O)c1ccccc1.CCC1CC[NH+](CC(=O)Nc2ccon2)CC1.CN1CCCCC1. The largest absolute Gasteiger partial charge is 0.481 e. The number of carbonyl (C=O) groups excluding carboxylic acids is 1. The molecule has 1 aromatic heterocycles. The molecule has 35 heavy (non-hydrogen) atoms. The predicted molar refractivity (Wildman–Crippen MR) is 138 cm³/mol. The first-order valence-corrected chi connectivity index (χ1v) is 12.9. The molecule has 1 amide bonds. The van der Waals surface area contributed by atoms with Gasteiger partial charge in [0, 0.05) is 6.07 Å². The van der Waals surface area contributed by atoms with E-state index < -0.39 is 11.9 Å². The second kappa shape index (κ2) is 16.1. The van der Waals surface area contributed by atoms with E-state index >= 15 is 0 Å². The summed E-state index contributed by atoms with van der Waals surface area (Å²) in [6, 6.07) is 10.8. The van der Waals surface area contributed by atoms with Gasteiger partial charge in [0.1, 0.15) is 6.26 Å². The van der Waals surface area contributed by atoms with Crippen LogP contribution in [0, 0.1) is 5.92 Å². The van der Waals surface area contributed by atoms with E-state index in [1.54, 1.807) is 13.0 Å². The zero-order valence-electron chi connectivity index (χ0n) is 21.5. The fourth-order valence-corrected chi connectivity index (χ4v) is 4.30. The number of hydrogen-bond donors (Lipinski definition) is 3. The summed E-state index contributed by atoms with van der Waals surface area (Å²) in [7, 11) is 2.19. The Morgan fingerprint density at radius 1 is 1.14 bits per heavy atom. The molecule has 2 aliphatic heterocycles. The summed E-state index contributed by atoms with van der Waals surface area (Å²) in [6.07, 6.45) is 9.47. The van der Waals surface area contributed by atoms with Crippen LogP contribution in [0.1, 0.15) is 63.9 Å². The van der Waals surface area contributed by atoms with Crippen LogP contribution in [0.3, 0.4) is 0 Å². The number of piperidine rings is 2. The molecule has 1 aromatic carbocycles. The number of carboxylic acid groups (broad SMARTS) is 1. The van der Waals surface area contributed by atoms with Gasteiger partial charge in [-0.3, -0.25) is 9.59 Å². The minimum atomic E-state index is -0.781. The van der Waals surface area contributed by atoms with Gasteiger partial charge in [0.15, 0.2) is 12.4 Å². The highest BCUT2D eigenvalue weighted by atomic mass is 16.5. The van der Waals surface area contributed by atoms with E-state index in [0.29, 0.717) is 12.4 Å². The first-order chi connectivity index (χ1) is 16.9. The van der Waals surface area contributed by atoms with Gasteiger partial charge in [-0.15, -0.1) is 0 Å². The zero-order chi connectivity index (χ0) is 25.5. The summed E-state index contributed by atoms with van der Waals surface area (Å²) in [5.41, 5.74) is 0.847. The van der Waals surface area contributed by atoms with E-state index in [0.717, 1.165) is 24.6 Å². The van der Waals surface area contributed by atoms with Gasteiger partial charge in [0.2, 0.25) is 0 Å². The number of aromatic nitrogens is 1. The summed E-state index contributed by atoms with van der Waals surface area (Å²) >= 11 is 0. The highest BCUT2D eigenvalue weighted by Crippen LogP contribution is 2.14. The van der Waals surface area contributed by atoms with E-state index in [2.05, 4.69) is 33.9 Å². The molecule has 0 saturated carbocycles. The molecule has 2 aromatic rings. The van der Waals surface area contributed by atoms with Crippen molar-refractivity contribution in [2.45, 2.75) is 58.3 Å². The number of rotatable bonds is 6. The van der Waals surface area contributed by atoms with Gasteiger partial charge < -0.3 is 24.7 Å². The normalized spacial score (nSPS) is 20.9. The van der Waals surface area contributed by atoms with Crippen molar-refractivity contribution >= 4 is 17.7 Å². The van der Waals surface area contributed by atoms with Gasteiger partial charge >= 0.3 is 5.97 Å². The van der Waals surface area contributed by atoms with Gasteiger partial charge in [-0.2, -0.15) is 0 Å². The summed E-state index contributed by atoms with van der Waals surface area (Å²) in [5.74, 6) is 0.187. The third-order valence-electron chi connectivity index (χ3n) is 6.76. The number of quaternary nitrogens is 1. The molecule has 3 heterocycles. The summed E-state index contributed by atoms with van der Waals surface area (Å²) in [6.45, 7) is 9.30. The Morgan fingerprint density at radius 3 is 2.29 bits per heavy atom. The van der Waals surface area contributed by atoms with Crippen molar-refractivity contribution in [2.75, 3.05) is 45.1 Å². The number of nitrogens with zero attached hydrogens (tertiary/aromatic N) is 2. The Balaban J connectivity index is 0.000000205. The van der Waals surface area contributed by atoms with Crippen molar-refractivity contribution in [3.05, 3.63) is 48.2 Å². The van der Waals surface area contributed by atoms with E-state index in [-0.39, 0.29) is 5.91 Å². The summed E-state index contributed by atoms with van der Waals surface area (Å²) in [4.78, 5) is 26.0. The Kier molecular flexibility index (Phi) is 13.1. The van der Waals surface area contributed by atoms with Crippen LogP contribution >= 0.6 is 0 Å². The minimum absolute atomic E-state index is 0.0175. The van der Waals surface area contributed by atoms with Crippen LogP contribution in [0.2, 0.25) is 0 Å². The van der Waals surface area contributed by atoms with Crippen LogP contribution in [-0.4, -0.2) is 66.8 Å². The van der Waals surface area contributed by atoms with Crippen molar-refractivity contribution in [1.29, 1.82) is 0 Å². The van der Waals surface area contributed by atoms with Gasteiger partial charge in [0.25, 0.3) is 5.91 Å². The first kappa shape index (κ1) is 28.5. The molecule has 8 heteroatoms. The lowest BCUT2D eigenvalue weighted by Gasteiger charge is -2.27. The maximum absolute atomic E-state index is 11.7. The van der Waals surface area contributed by atoms with Crippen LogP contribution in [-0.2, 0) is 9.59 Å². The molecular weight excluding hydrogens is 444 g/mol. The maximum Gasteiger partial charge on any atom is 0.310 e. The topological polar surface area (TPSA) is 100 Å². The highest BCUT2D eigenvalue weighted by molar-refractivity contribution is 5.90. The van der Waals surface area contributed by atoms with Crippen LogP contribution in [0.15, 0.2) is 47.2 Å². The number of likely N-dealkylation sites (tertiary alicyclic amines) is 2. The average molecular weight is 488 g/mol. The number of hydrogen-bond acceptors (Lipinski definition) is 5. The van der Waals surface area contributed by atoms with E-state index in [4.69, 9.17) is 5.11 Å². The Labute approximate surface area is 209 Å². The molecule has 0 radical (unpaired) electrons. The average Bonchev–Trinajstić information content (AvgIpc) is 3.38. The van der Waals surface area contributed by atoms with Gasteiger partial charge in [-0.1, -0.05) is 55.3 Å². The Morgan fingerprint density at radius 2 is 1.80 bits per heavy atom. The number of nitrogens with one attached hydrogen (secondary N) is 2. The molecule has 194 valence electrons. The van der Waals surface area contributed by atoms with Crippen LogP contribution < -0.4 is 10.2 Å². The van der Waals surface area contributed by atoms with E-state index in [9.17, 15) is 9.59 Å². The minimum Gasteiger partial charge on any atom is -0.481 e. The lowest BCUT2D eigenvalue weighted by atomic mass is 9.94. The second-order valence-electron chi connectivity index (χ2n) is 9.55. The fourth-order valence-electron chi connectivity index (χ4n) is 4.30. The molecular formula is C27H43N4O4+. The fraction of sp³-hybridized carbons (Fsp3) is 0.593. The molecule has 0 bridgehead atoms. The predicted octanol–water partition coefficient (Wildman–Crippen LogP) is 3.29. The second-order valence-corrected chi connectivity index (χ2v) is 9.55. The standard InChI is InChI=1S/C12H19N3O2.C9H10O2.C6H13N/c1-2-10-3-6-15(7-4-10)9-12(16)13-11-5-8-17-14-11;1-7(9(10)11)8-5-3-2-4-6-8;1-7-5-3-2-4-6-7/h5,8,10H,2-4,6-7,9H2,1H3,(H,13,14,16);2-7H,1H3,(H,10,11);2-6H2,1H3/p+1. The number of aliphatic carboxylic acids is 1. The number of carboxylic acids is 1. The molecule has 8 nitrogen and oxygen atoms in total. The first-order valence-electron chi connectivity index (χ1n) is 12.9. The molecule has 0 spiro atoms. The number of anilines is 1. The van der Waals surface area contributed by atoms with Crippen molar-refractivity contribution in [1.82, 2.24) is 10.1 Å². The Hall–Kier alpha value is -2.71. The van der Waals surface area contributed by atoms with E-state index in [1.807, 2.05) is 30.3 Å². The monoisotopic (exact) mass is 487 g/mol. The highest BCUT2D eigenvalue weighted by Gasteiger charge is 2.23. The van der Waals surface area contributed by atoms with Gasteiger partial charge in [0.05, 0.1) is 19.0 Å². The van der Waals surface area contributed by atoms with Crippen molar-refractivity contribution in [3.63, 3.8) is 0 Å². The molecule has 1 atom stereocenters. The summed E-state index contributed by atoms with van der Waals surface area (Å²) in [5, 5.41) is 15.0. The molecule has 2 aliphatic rings. The third kappa shape index (κ3) is 11.5. The van der Waals surface area contributed by atoms with Crippen LogP contribution in [0.4, 0.5) is 5.82 Å². The molecule has 0 aliphatic carbocycles. The maximum atomic E-state index is 11.7.